The Kier molecular flexibility index (Phi) is 8.35. The standard InChI is InChI=1S/C31H39F2N7O4S/c1-31(2)18-40(45(42,43)24-12-19(32)11-20(33)13-24)17-26-28(31)36-37-29(26)35-30(41)25-6-5-22(39(4)23-15-38(3)16-23)14-27(25)34-21-7-9-44-10-8-21/h5-6,11-14,21,23,34H,7-10,15-18H2,1-4H3,(H2,35,36,37,41). The number of carbonyl (C=O) groups is 1. The Labute approximate surface area is 262 Å². The topological polar surface area (TPSA) is 123 Å². The molecule has 0 atom stereocenters. The molecule has 3 aromatic rings. The molecule has 242 valence electrons. The van der Waals surface area contributed by atoms with Gasteiger partial charge < -0.3 is 25.2 Å². The first-order valence-electron chi connectivity index (χ1n) is 15.1. The highest BCUT2D eigenvalue weighted by molar-refractivity contribution is 7.89. The van der Waals surface area contributed by atoms with Crippen LogP contribution < -0.4 is 15.5 Å². The van der Waals surface area contributed by atoms with Crippen molar-refractivity contribution in [3.63, 3.8) is 0 Å². The Balaban J connectivity index is 1.28. The van der Waals surface area contributed by atoms with E-state index in [0.29, 0.717) is 47.8 Å². The summed E-state index contributed by atoms with van der Waals surface area (Å²) in [5.41, 5.74) is 2.55. The molecule has 0 spiro atoms. The number of halogens is 2. The van der Waals surface area contributed by atoms with Crippen LogP contribution in [0.5, 0.6) is 0 Å². The van der Waals surface area contributed by atoms with Gasteiger partial charge in [-0.1, -0.05) is 13.8 Å². The summed E-state index contributed by atoms with van der Waals surface area (Å²) in [5.74, 6) is -2.17. The summed E-state index contributed by atoms with van der Waals surface area (Å²) in [5, 5.41) is 13.8. The van der Waals surface area contributed by atoms with Crippen molar-refractivity contribution in [1.82, 2.24) is 19.4 Å². The molecule has 0 radical (unpaired) electrons. The number of benzene rings is 2. The Hall–Kier alpha value is -3.59. The van der Waals surface area contributed by atoms with Crippen LogP contribution in [0, 0.1) is 11.6 Å². The van der Waals surface area contributed by atoms with Crippen molar-refractivity contribution in [3.05, 3.63) is 64.9 Å². The van der Waals surface area contributed by atoms with Crippen molar-refractivity contribution in [1.29, 1.82) is 0 Å². The van der Waals surface area contributed by atoms with Crippen molar-refractivity contribution in [2.24, 2.45) is 0 Å². The lowest BCUT2D eigenvalue weighted by atomic mass is 9.84. The van der Waals surface area contributed by atoms with Crippen molar-refractivity contribution >= 4 is 33.1 Å². The lowest BCUT2D eigenvalue weighted by Crippen LogP contribution is -2.56. The zero-order valence-electron chi connectivity index (χ0n) is 25.9. The largest absolute Gasteiger partial charge is 0.381 e. The third kappa shape index (κ3) is 6.28. The molecule has 14 heteroatoms. The van der Waals surface area contributed by atoms with E-state index in [0.717, 1.165) is 48.1 Å². The average molecular weight is 644 g/mol. The van der Waals surface area contributed by atoms with E-state index in [2.05, 4.69) is 44.7 Å². The monoisotopic (exact) mass is 643 g/mol. The number of aromatic nitrogens is 2. The summed E-state index contributed by atoms with van der Waals surface area (Å²) < 4.78 is 61.7. The summed E-state index contributed by atoms with van der Waals surface area (Å²) in [6.07, 6.45) is 1.63. The van der Waals surface area contributed by atoms with Crippen LogP contribution in [0.25, 0.3) is 0 Å². The van der Waals surface area contributed by atoms with Crippen LogP contribution in [-0.2, 0) is 26.7 Å². The molecule has 0 unspecified atom stereocenters. The van der Waals surface area contributed by atoms with Gasteiger partial charge in [-0.05, 0) is 50.2 Å². The molecule has 2 aromatic carbocycles. The van der Waals surface area contributed by atoms with E-state index in [-0.39, 0.29) is 24.9 Å². The highest BCUT2D eigenvalue weighted by atomic mass is 32.2. The molecule has 4 heterocycles. The minimum atomic E-state index is -4.27. The van der Waals surface area contributed by atoms with E-state index < -0.39 is 37.9 Å². The van der Waals surface area contributed by atoms with E-state index in [4.69, 9.17) is 4.74 Å². The highest BCUT2D eigenvalue weighted by Gasteiger charge is 2.41. The van der Waals surface area contributed by atoms with Crippen LogP contribution in [0.3, 0.4) is 0 Å². The number of carbonyl (C=O) groups excluding carboxylic acids is 1. The van der Waals surface area contributed by atoms with Gasteiger partial charge in [-0.25, -0.2) is 17.2 Å². The number of amides is 1. The number of H-pyrrole nitrogens is 1. The van der Waals surface area contributed by atoms with Gasteiger partial charge in [0.05, 0.1) is 16.5 Å². The van der Waals surface area contributed by atoms with Gasteiger partial charge in [0.25, 0.3) is 5.91 Å². The van der Waals surface area contributed by atoms with Gasteiger partial charge in [-0.3, -0.25) is 9.89 Å². The molecule has 2 fully saturated rings. The fraction of sp³-hybridized carbons (Fsp3) is 0.484. The molecule has 6 rings (SSSR count). The van der Waals surface area contributed by atoms with Gasteiger partial charge in [0.15, 0.2) is 5.82 Å². The molecule has 0 aliphatic carbocycles. The fourth-order valence-corrected chi connectivity index (χ4v) is 7.97. The molecule has 3 N–H and O–H groups in total. The SMILES string of the molecule is CN1CC(N(C)c2ccc(C(=O)Nc3n[nH]c4c3CN(S(=O)(=O)c3cc(F)cc(F)c3)CC4(C)C)c(NC3CCOCC3)c2)C1. The summed E-state index contributed by atoms with van der Waals surface area (Å²) in [7, 11) is -0.129. The number of rotatable bonds is 8. The van der Waals surface area contributed by atoms with E-state index in [1.165, 1.54) is 0 Å². The van der Waals surface area contributed by atoms with Gasteiger partial charge in [0.1, 0.15) is 11.6 Å². The second-order valence-electron chi connectivity index (χ2n) is 12.9. The second kappa shape index (κ2) is 12.0. The molecule has 1 aromatic heterocycles. The zero-order chi connectivity index (χ0) is 32.1. The molecule has 1 amide bonds. The first kappa shape index (κ1) is 31.4. The summed E-state index contributed by atoms with van der Waals surface area (Å²) in [4.78, 5) is 17.9. The molecule has 0 bridgehead atoms. The quantitative estimate of drug-likeness (QED) is 0.339. The van der Waals surface area contributed by atoms with Crippen LogP contribution in [-0.4, -0.2) is 92.8 Å². The van der Waals surface area contributed by atoms with E-state index in [9.17, 15) is 22.0 Å². The summed E-state index contributed by atoms with van der Waals surface area (Å²) in [6.45, 7) is 6.79. The number of nitrogens with one attached hydrogen (secondary N) is 3. The van der Waals surface area contributed by atoms with Crippen molar-refractivity contribution < 1.29 is 26.7 Å². The molecule has 0 saturated carbocycles. The first-order valence-corrected chi connectivity index (χ1v) is 16.5. The van der Waals surface area contributed by atoms with Gasteiger partial charge in [-0.2, -0.15) is 9.40 Å². The minimum Gasteiger partial charge on any atom is -0.381 e. The Morgan fingerprint density at radius 1 is 1.11 bits per heavy atom. The Morgan fingerprint density at radius 3 is 2.47 bits per heavy atom. The second-order valence-corrected chi connectivity index (χ2v) is 14.8. The van der Waals surface area contributed by atoms with Crippen molar-refractivity contribution in [2.75, 3.05) is 62.5 Å². The Bertz CT molecular complexity index is 1680. The van der Waals surface area contributed by atoms with Crippen LogP contribution >= 0.6 is 0 Å². The van der Waals surface area contributed by atoms with Crippen molar-refractivity contribution in [3.8, 4) is 0 Å². The number of anilines is 3. The van der Waals surface area contributed by atoms with E-state index >= 15 is 0 Å². The number of aromatic amines is 1. The number of fused-ring (bicyclic) bond motifs is 1. The van der Waals surface area contributed by atoms with Crippen molar-refractivity contribution in [2.45, 2.75) is 55.6 Å². The van der Waals surface area contributed by atoms with Crippen LogP contribution in [0.1, 0.15) is 48.3 Å². The summed E-state index contributed by atoms with van der Waals surface area (Å²) >= 11 is 0. The van der Waals surface area contributed by atoms with Crippen LogP contribution in [0.15, 0.2) is 41.3 Å². The van der Waals surface area contributed by atoms with E-state index in [1.807, 2.05) is 26.0 Å². The maximum atomic E-state index is 14.0. The number of ether oxygens (including phenoxy) is 1. The van der Waals surface area contributed by atoms with E-state index in [1.54, 1.807) is 6.07 Å². The fourth-order valence-electron chi connectivity index (χ4n) is 6.36. The number of sulfonamides is 1. The number of likely N-dealkylation sites (tertiary alicyclic amines) is 1. The van der Waals surface area contributed by atoms with Crippen LogP contribution in [0.4, 0.5) is 26.0 Å². The molecule has 3 aliphatic rings. The summed E-state index contributed by atoms with van der Waals surface area (Å²) in [6, 6.07) is 8.48. The molecular weight excluding hydrogens is 604 g/mol. The first-order chi connectivity index (χ1) is 21.3. The lowest BCUT2D eigenvalue weighted by molar-refractivity contribution is 0.0904. The van der Waals surface area contributed by atoms with Gasteiger partial charge >= 0.3 is 0 Å². The predicted octanol–water partition coefficient (Wildman–Crippen LogP) is 3.76. The normalized spacial score (nSPS) is 19.5. The third-order valence-electron chi connectivity index (χ3n) is 8.98. The van der Waals surface area contributed by atoms with Crippen LogP contribution in [0.2, 0.25) is 0 Å². The molecular formula is C31H39F2N7O4S. The average Bonchev–Trinajstić information content (AvgIpc) is 3.38. The molecule has 2 saturated heterocycles. The number of likely N-dealkylation sites (N-methyl/N-ethyl adjacent to an activating group) is 2. The van der Waals surface area contributed by atoms with Gasteiger partial charge in [-0.15, -0.1) is 0 Å². The number of nitrogens with zero attached hydrogens (tertiary/aromatic N) is 4. The maximum absolute atomic E-state index is 14.0. The smallest absolute Gasteiger partial charge is 0.258 e. The van der Waals surface area contributed by atoms with Gasteiger partial charge in [0.2, 0.25) is 10.0 Å². The molecule has 3 aliphatic heterocycles. The molecule has 11 nitrogen and oxygen atoms in total. The predicted molar refractivity (Wildman–Crippen MR) is 167 cm³/mol. The molecule has 45 heavy (non-hydrogen) atoms. The highest BCUT2D eigenvalue weighted by Crippen LogP contribution is 2.38. The van der Waals surface area contributed by atoms with Gasteiger partial charge in [0, 0.05) is 86.6 Å². The minimum absolute atomic E-state index is 0.0426. The number of hydrogen-bond donors (Lipinski definition) is 3. The third-order valence-corrected chi connectivity index (χ3v) is 10.8. The lowest BCUT2D eigenvalue weighted by Gasteiger charge is -2.43. The number of hydrogen-bond acceptors (Lipinski definition) is 8. The zero-order valence-corrected chi connectivity index (χ0v) is 26.7. The maximum Gasteiger partial charge on any atom is 0.258 e. The Morgan fingerprint density at radius 2 is 1.80 bits per heavy atom.